The van der Waals surface area contributed by atoms with E-state index in [-0.39, 0.29) is 25.3 Å². The molecule has 2 atom stereocenters. The molecule has 2 N–H and O–H groups in total. The average Bonchev–Trinajstić information content (AvgIpc) is 2.91. The zero-order valence-corrected chi connectivity index (χ0v) is 14.5. The first-order valence-corrected chi connectivity index (χ1v) is 9.45. The molecule has 11 heteroatoms. The smallest absolute Gasteiger partial charge is 0.335 e. The summed E-state index contributed by atoms with van der Waals surface area (Å²) >= 11 is 0. The Balaban J connectivity index is 1.91. The first-order chi connectivity index (χ1) is 12.1. The number of hydrogen-bond donors (Lipinski definition) is 2. The molecule has 2 aliphatic rings. The van der Waals surface area contributed by atoms with Gasteiger partial charge in [-0.3, -0.25) is 9.59 Å². The molecule has 0 aliphatic carbocycles. The van der Waals surface area contributed by atoms with E-state index in [0.717, 1.165) is 10.6 Å². The summed E-state index contributed by atoms with van der Waals surface area (Å²) in [5.74, 6) is -3.03. The Kier molecular flexibility index (Phi) is 4.46. The molecule has 2 aliphatic heterocycles. The number of morpholine rings is 1. The summed E-state index contributed by atoms with van der Waals surface area (Å²) < 4.78 is 29.1. The van der Waals surface area contributed by atoms with Gasteiger partial charge in [0.15, 0.2) is 12.2 Å². The minimum atomic E-state index is -3.71. The molecule has 1 aromatic carbocycles. The minimum Gasteiger partial charge on any atom is -0.479 e. The van der Waals surface area contributed by atoms with E-state index in [0.29, 0.717) is 11.3 Å². The maximum atomic E-state index is 12.5. The van der Waals surface area contributed by atoms with Gasteiger partial charge < -0.3 is 19.8 Å². The van der Waals surface area contributed by atoms with Crippen LogP contribution < -0.4 is 4.90 Å². The Morgan fingerprint density at radius 3 is 2.65 bits per heavy atom. The minimum absolute atomic E-state index is 0.00123. The van der Waals surface area contributed by atoms with Crippen molar-refractivity contribution in [2.24, 2.45) is 0 Å². The molecule has 2 amide bonds. The van der Waals surface area contributed by atoms with Crippen LogP contribution in [0.1, 0.15) is 15.9 Å². The van der Waals surface area contributed by atoms with Crippen molar-refractivity contribution in [1.29, 1.82) is 0 Å². The van der Waals surface area contributed by atoms with Crippen LogP contribution in [0.15, 0.2) is 18.2 Å². The SMILES string of the molecule is CS(=O)(=O)N1Cc2ccc(N3CCO[C@H](C(O)C(=O)O)C3=O)cc2C1=O. The standard InChI is InChI=1S/C15H16N2O8S/c1-26(23,24)17-7-8-2-3-9(6-10(8)13(17)19)16-4-5-25-12(14(16)20)11(18)15(21)22/h2-3,6,11-12,18H,4-5,7H2,1H3,(H,21,22)/t11?,12-/m1/s1. The third-order valence-corrected chi connectivity index (χ3v) is 5.33. The second-order valence-corrected chi connectivity index (χ2v) is 7.89. The number of carbonyl (C=O) groups excluding carboxylic acids is 2. The fourth-order valence-corrected chi connectivity index (χ4v) is 3.69. The van der Waals surface area contributed by atoms with Crippen LogP contribution in [0.25, 0.3) is 0 Å². The third-order valence-electron chi connectivity index (χ3n) is 4.24. The number of carbonyl (C=O) groups is 3. The molecular weight excluding hydrogens is 368 g/mol. The molecule has 26 heavy (non-hydrogen) atoms. The van der Waals surface area contributed by atoms with E-state index in [1.54, 1.807) is 6.07 Å². The summed E-state index contributed by atoms with van der Waals surface area (Å²) in [6.07, 6.45) is -2.64. The molecule has 0 bridgehead atoms. The van der Waals surface area contributed by atoms with Gasteiger partial charge in [0, 0.05) is 17.8 Å². The van der Waals surface area contributed by atoms with Crippen LogP contribution in [0.3, 0.4) is 0 Å². The number of anilines is 1. The van der Waals surface area contributed by atoms with Gasteiger partial charge >= 0.3 is 5.97 Å². The lowest BCUT2D eigenvalue weighted by molar-refractivity contribution is -0.163. The van der Waals surface area contributed by atoms with Crippen molar-refractivity contribution in [3.05, 3.63) is 29.3 Å². The number of hydrogen-bond acceptors (Lipinski definition) is 7. The number of nitrogens with zero attached hydrogens (tertiary/aromatic N) is 2. The number of ether oxygens (including phenoxy) is 1. The zero-order chi connectivity index (χ0) is 19.2. The van der Waals surface area contributed by atoms with Crippen molar-refractivity contribution in [2.75, 3.05) is 24.3 Å². The van der Waals surface area contributed by atoms with Gasteiger partial charge in [0.25, 0.3) is 11.8 Å². The van der Waals surface area contributed by atoms with Crippen LogP contribution in [0, 0.1) is 0 Å². The van der Waals surface area contributed by atoms with E-state index in [4.69, 9.17) is 9.84 Å². The van der Waals surface area contributed by atoms with Gasteiger partial charge in [-0.05, 0) is 17.7 Å². The molecule has 0 saturated carbocycles. The number of amides is 2. The van der Waals surface area contributed by atoms with Crippen LogP contribution in [0.2, 0.25) is 0 Å². The zero-order valence-electron chi connectivity index (χ0n) is 13.7. The first-order valence-electron chi connectivity index (χ1n) is 7.60. The second kappa shape index (κ2) is 6.34. The normalized spacial score (nSPS) is 21.7. The number of rotatable bonds is 4. The van der Waals surface area contributed by atoms with Crippen LogP contribution in [0.5, 0.6) is 0 Å². The molecular formula is C15H16N2O8S. The second-order valence-electron chi connectivity index (χ2n) is 5.98. The number of aliphatic hydroxyl groups excluding tert-OH is 1. The molecule has 2 heterocycles. The number of carboxylic acid groups (broad SMARTS) is 1. The van der Waals surface area contributed by atoms with Gasteiger partial charge in [0.2, 0.25) is 10.0 Å². The molecule has 1 saturated heterocycles. The fourth-order valence-electron chi connectivity index (χ4n) is 2.92. The lowest BCUT2D eigenvalue weighted by Gasteiger charge is -2.33. The summed E-state index contributed by atoms with van der Waals surface area (Å²) in [4.78, 5) is 36.9. The molecule has 0 radical (unpaired) electrons. The largest absolute Gasteiger partial charge is 0.479 e. The number of sulfonamides is 1. The maximum absolute atomic E-state index is 12.5. The lowest BCUT2D eigenvalue weighted by atomic mass is 10.1. The average molecular weight is 384 g/mol. The van der Waals surface area contributed by atoms with Crippen molar-refractivity contribution >= 4 is 33.5 Å². The highest BCUT2D eigenvalue weighted by atomic mass is 32.2. The number of aliphatic carboxylic acids is 1. The van der Waals surface area contributed by atoms with E-state index < -0.39 is 40.0 Å². The fraction of sp³-hybridized carbons (Fsp3) is 0.400. The Labute approximate surface area is 148 Å². The lowest BCUT2D eigenvalue weighted by Crippen LogP contribution is -2.54. The van der Waals surface area contributed by atoms with Crippen molar-refractivity contribution in [3.8, 4) is 0 Å². The summed E-state index contributed by atoms with van der Waals surface area (Å²) in [5.41, 5.74) is 0.956. The molecule has 10 nitrogen and oxygen atoms in total. The highest BCUT2D eigenvalue weighted by Crippen LogP contribution is 2.30. The van der Waals surface area contributed by atoms with Gasteiger partial charge in [-0.25, -0.2) is 17.5 Å². The summed E-state index contributed by atoms with van der Waals surface area (Å²) in [5, 5.41) is 18.5. The molecule has 0 aromatic heterocycles. The van der Waals surface area contributed by atoms with Crippen LogP contribution in [-0.2, 0) is 30.9 Å². The maximum Gasteiger partial charge on any atom is 0.335 e. The van der Waals surface area contributed by atoms with Gasteiger partial charge in [-0.15, -0.1) is 0 Å². The predicted octanol–water partition coefficient (Wildman–Crippen LogP) is -1.22. The van der Waals surface area contributed by atoms with E-state index in [1.807, 2.05) is 0 Å². The third kappa shape index (κ3) is 3.04. The Morgan fingerprint density at radius 1 is 1.35 bits per heavy atom. The topological polar surface area (TPSA) is 142 Å². The van der Waals surface area contributed by atoms with Crippen molar-refractivity contribution in [3.63, 3.8) is 0 Å². The molecule has 1 fully saturated rings. The highest BCUT2D eigenvalue weighted by molar-refractivity contribution is 7.88. The molecule has 1 unspecified atom stereocenters. The molecule has 3 rings (SSSR count). The monoisotopic (exact) mass is 384 g/mol. The van der Waals surface area contributed by atoms with Crippen molar-refractivity contribution in [2.45, 2.75) is 18.8 Å². The summed E-state index contributed by atoms with van der Waals surface area (Å²) in [6.45, 7) is 0.0242. The predicted molar refractivity (Wildman–Crippen MR) is 86.9 cm³/mol. The highest BCUT2D eigenvalue weighted by Gasteiger charge is 2.40. The Hall–Kier alpha value is -2.50. The van der Waals surface area contributed by atoms with E-state index in [1.165, 1.54) is 17.0 Å². The number of benzene rings is 1. The van der Waals surface area contributed by atoms with Gasteiger partial charge in [-0.2, -0.15) is 0 Å². The van der Waals surface area contributed by atoms with Crippen molar-refractivity contribution in [1.82, 2.24) is 4.31 Å². The van der Waals surface area contributed by atoms with Crippen LogP contribution in [0.4, 0.5) is 5.69 Å². The van der Waals surface area contributed by atoms with E-state index in [2.05, 4.69) is 0 Å². The molecule has 0 spiro atoms. The summed E-state index contributed by atoms with van der Waals surface area (Å²) in [6, 6.07) is 4.46. The summed E-state index contributed by atoms with van der Waals surface area (Å²) in [7, 11) is -3.71. The van der Waals surface area contributed by atoms with E-state index in [9.17, 15) is 27.9 Å². The Morgan fingerprint density at radius 2 is 2.04 bits per heavy atom. The molecule has 140 valence electrons. The number of carboxylic acids is 1. The Bertz CT molecular complexity index is 897. The van der Waals surface area contributed by atoms with Crippen LogP contribution in [-0.4, -0.2) is 72.3 Å². The first kappa shape index (κ1) is 18.3. The van der Waals surface area contributed by atoms with Gasteiger partial charge in [0.1, 0.15) is 0 Å². The number of aliphatic hydroxyl groups is 1. The van der Waals surface area contributed by atoms with E-state index >= 15 is 0 Å². The van der Waals surface area contributed by atoms with Gasteiger partial charge in [-0.1, -0.05) is 6.07 Å². The van der Waals surface area contributed by atoms with Crippen molar-refractivity contribution < 1.29 is 37.8 Å². The number of fused-ring (bicyclic) bond motifs is 1. The quantitative estimate of drug-likeness (QED) is 0.658. The molecule has 1 aromatic rings. The van der Waals surface area contributed by atoms with Crippen LogP contribution >= 0.6 is 0 Å². The van der Waals surface area contributed by atoms with Gasteiger partial charge in [0.05, 0.1) is 19.4 Å².